The molecule has 1 aromatic carbocycles. The molecule has 0 saturated carbocycles. The Balaban J connectivity index is 1.91. The molecule has 0 radical (unpaired) electrons. The first-order valence-electron chi connectivity index (χ1n) is 6.90. The maximum absolute atomic E-state index is 13.3. The number of nitrogens with zero attached hydrogens (tertiary/aromatic N) is 2. The Labute approximate surface area is 117 Å². The van der Waals surface area contributed by atoms with E-state index in [1.165, 1.54) is 6.07 Å². The van der Waals surface area contributed by atoms with E-state index in [1.807, 2.05) is 0 Å². The molecule has 1 fully saturated rings. The Kier molecular flexibility index (Phi) is 3.30. The molecule has 2 aromatic rings. The lowest BCUT2D eigenvalue weighted by Crippen LogP contribution is -2.37. The average Bonchev–Trinajstić information content (AvgIpc) is 2.93. The van der Waals surface area contributed by atoms with Gasteiger partial charge in [-0.25, -0.2) is 4.39 Å². The first-order valence-corrected chi connectivity index (χ1v) is 6.90. The third-order valence-electron chi connectivity index (χ3n) is 4.07. The highest BCUT2D eigenvalue weighted by atomic mass is 19.1. The summed E-state index contributed by atoms with van der Waals surface area (Å²) in [5, 5.41) is 7.38. The number of hydrogen-bond acceptors (Lipinski definition) is 4. The zero-order chi connectivity index (χ0) is 14.2. The summed E-state index contributed by atoms with van der Waals surface area (Å²) in [5.41, 5.74) is 1.31. The third kappa shape index (κ3) is 2.33. The minimum Gasteiger partial charge on any atom is -0.338 e. The number of halogens is 1. The van der Waals surface area contributed by atoms with Crippen molar-refractivity contribution in [2.24, 2.45) is 0 Å². The highest BCUT2D eigenvalue weighted by Gasteiger charge is 2.34. The molecular weight excluding hydrogens is 257 g/mol. The number of hydrogen-bond donors (Lipinski definition) is 1. The minimum atomic E-state index is -0.220. The zero-order valence-electron chi connectivity index (χ0n) is 11.7. The molecule has 5 heteroatoms. The average molecular weight is 275 g/mol. The molecule has 1 aromatic heterocycles. The molecule has 1 aliphatic rings. The monoisotopic (exact) mass is 275 g/mol. The van der Waals surface area contributed by atoms with Gasteiger partial charge in [-0.05, 0) is 56.6 Å². The molecule has 0 spiro atoms. The van der Waals surface area contributed by atoms with Gasteiger partial charge in [-0.2, -0.15) is 4.98 Å². The van der Waals surface area contributed by atoms with Crippen molar-refractivity contribution in [1.29, 1.82) is 0 Å². The number of rotatable bonds is 2. The van der Waals surface area contributed by atoms with E-state index in [-0.39, 0.29) is 11.2 Å². The molecule has 0 aliphatic carbocycles. The van der Waals surface area contributed by atoms with Gasteiger partial charge in [0, 0.05) is 11.0 Å². The Morgan fingerprint density at radius 2 is 2.05 bits per heavy atom. The smallest absolute Gasteiger partial charge is 0.232 e. The van der Waals surface area contributed by atoms with E-state index in [9.17, 15) is 4.39 Å². The van der Waals surface area contributed by atoms with Crippen LogP contribution in [0.5, 0.6) is 0 Å². The van der Waals surface area contributed by atoms with Crippen molar-refractivity contribution in [1.82, 2.24) is 15.5 Å². The molecule has 2 heterocycles. The molecule has 0 unspecified atom stereocenters. The summed E-state index contributed by atoms with van der Waals surface area (Å²) in [6.07, 6.45) is 1.97. The fourth-order valence-corrected chi connectivity index (χ4v) is 2.56. The molecule has 3 rings (SSSR count). The number of nitrogens with one attached hydrogen (secondary N) is 1. The summed E-state index contributed by atoms with van der Waals surface area (Å²) < 4.78 is 18.7. The lowest BCUT2D eigenvalue weighted by Gasteiger charge is -2.30. The summed E-state index contributed by atoms with van der Waals surface area (Å²) in [5.74, 6) is 0.988. The standard InChI is InChI=1S/C15H18FN3O/c1-10-9-11(3-4-12(10)16)13-18-14(20-19-13)15(2)5-7-17-8-6-15/h3-4,9,17H,5-8H2,1-2H3. The van der Waals surface area contributed by atoms with Gasteiger partial charge >= 0.3 is 0 Å². The number of aryl methyl sites for hydroxylation is 1. The van der Waals surface area contributed by atoms with Crippen LogP contribution in [0.25, 0.3) is 11.4 Å². The van der Waals surface area contributed by atoms with E-state index in [2.05, 4.69) is 22.4 Å². The van der Waals surface area contributed by atoms with Gasteiger partial charge < -0.3 is 9.84 Å². The van der Waals surface area contributed by atoms with Crippen LogP contribution in [0.4, 0.5) is 4.39 Å². The van der Waals surface area contributed by atoms with Crippen molar-refractivity contribution in [3.63, 3.8) is 0 Å². The van der Waals surface area contributed by atoms with E-state index in [4.69, 9.17) is 4.52 Å². The van der Waals surface area contributed by atoms with Crippen molar-refractivity contribution in [3.05, 3.63) is 35.5 Å². The number of benzene rings is 1. The van der Waals surface area contributed by atoms with Gasteiger partial charge in [-0.3, -0.25) is 0 Å². The van der Waals surface area contributed by atoms with Gasteiger partial charge in [0.2, 0.25) is 11.7 Å². The van der Waals surface area contributed by atoms with Gasteiger partial charge in [0.25, 0.3) is 0 Å². The fourth-order valence-electron chi connectivity index (χ4n) is 2.56. The van der Waals surface area contributed by atoms with Crippen LogP contribution in [0, 0.1) is 12.7 Å². The third-order valence-corrected chi connectivity index (χ3v) is 4.07. The first kappa shape index (κ1) is 13.2. The van der Waals surface area contributed by atoms with Crippen LogP contribution in [-0.2, 0) is 5.41 Å². The largest absolute Gasteiger partial charge is 0.338 e. The molecule has 0 amide bonds. The van der Waals surface area contributed by atoms with E-state index >= 15 is 0 Å². The van der Waals surface area contributed by atoms with Gasteiger partial charge in [0.05, 0.1) is 0 Å². The predicted octanol–water partition coefficient (Wildman–Crippen LogP) is 2.83. The van der Waals surface area contributed by atoms with Crippen LogP contribution in [0.1, 0.15) is 31.2 Å². The van der Waals surface area contributed by atoms with Crippen molar-refractivity contribution in [2.45, 2.75) is 32.1 Å². The molecule has 1 saturated heterocycles. The van der Waals surface area contributed by atoms with Crippen LogP contribution in [0.3, 0.4) is 0 Å². The fraction of sp³-hybridized carbons (Fsp3) is 0.467. The van der Waals surface area contributed by atoms with Gasteiger partial charge in [-0.1, -0.05) is 12.1 Å². The van der Waals surface area contributed by atoms with Crippen molar-refractivity contribution >= 4 is 0 Å². The minimum absolute atomic E-state index is 0.0639. The molecule has 0 bridgehead atoms. The first-order chi connectivity index (χ1) is 9.58. The van der Waals surface area contributed by atoms with Gasteiger partial charge in [-0.15, -0.1) is 0 Å². The quantitative estimate of drug-likeness (QED) is 0.915. The Bertz CT molecular complexity index is 617. The highest BCUT2D eigenvalue weighted by Crippen LogP contribution is 2.32. The predicted molar refractivity (Wildman–Crippen MR) is 73.9 cm³/mol. The van der Waals surface area contributed by atoms with Crippen LogP contribution < -0.4 is 5.32 Å². The SMILES string of the molecule is Cc1cc(-c2noc(C3(C)CCNCC3)n2)ccc1F. The Morgan fingerprint density at radius 1 is 1.30 bits per heavy atom. The summed E-state index contributed by atoms with van der Waals surface area (Å²) in [4.78, 5) is 4.52. The van der Waals surface area contributed by atoms with Crippen LogP contribution in [0.2, 0.25) is 0 Å². The highest BCUT2D eigenvalue weighted by molar-refractivity contribution is 5.55. The summed E-state index contributed by atoms with van der Waals surface area (Å²) >= 11 is 0. The molecule has 1 aliphatic heterocycles. The number of piperidine rings is 1. The molecule has 0 atom stereocenters. The second-order valence-electron chi connectivity index (χ2n) is 5.70. The van der Waals surface area contributed by atoms with E-state index in [1.54, 1.807) is 19.1 Å². The lowest BCUT2D eigenvalue weighted by atomic mass is 9.81. The van der Waals surface area contributed by atoms with Crippen LogP contribution >= 0.6 is 0 Å². The van der Waals surface area contributed by atoms with Crippen molar-refractivity contribution in [2.75, 3.05) is 13.1 Å². The number of aromatic nitrogens is 2. The normalized spacial score (nSPS) is 18.1. The summed E-state index contributed by atoms with van der Waals surface area (Å²) in [6, 6.07) is 4.86. The lowest BCUT2D eigenvalue weighted by molar-refractivity contribution is 0.241. The summed E-state index contributed by atoms with van der Waals surface area (Å²) in [6.45, 7) is 5.81. The van der Waals surface area contributed by atoms with Gasteiger partial charge in [0.15, 0.2) is 0 Å². The Hall–Kier alpha value is -1.75. The maximum atomic E-state index is 13.3. The molecule has 4 nitrogen and oxygen atoms in total. The zero-order valence-corrected chi connectivity index (χ0v) is 11.7. The summed E-state index contributed by atoms with van der Waals surface area (Å²) in [7, 11) is 0. The van der Waals surface area contributed by atoms with Crippen molar-refractivity contribution < 1.29 is 8.91 Å². The second kappa shape index (κ2) is 4.98. The second-order valence-corrected chi connectivity index (χ2v) is 5.70. The molecule has 20 heavy (non-hydrogen) atoms. The maximum Gasteiger partial charge on any atom is 0.232 e. The van der Waals surface area contributed by atoms with Crippen LogP contribution in [-0.4, -0.2) is 23.2 Å². The van der Waals surface area contributed by atoms with E-state index < -0.39 is 0 Å². The van der Waals surface area contributed by atoms with Crippen molar-refractivity contribution in [3.8, 4) is 11.4 Å². The van der Waals surface area contributed by atoms with E-state index in [0.717, 1.165) is 31.5 Å². The molecule has 1 N–H and O–H groups in total. The molecule has 106 valence electrons. The Morgan fingerprint density at radius 3 is 2.75 bits per heavy atom. The van der Waals surface area contributed by atoms with Crippen LogP contribution in [0.15, 0.2) is 22.7 Å². The van der Waals surface area contributed by atoms with Gasteiger partial charge in [0.1, 0.15) is 5.82 Å². The van der Waals surface area contributed by atoms with E-state index in [0.29, 0.717) is 17.3 Å². The molecular formula is C15H18FN3O. The topological polar surface area (TPSA) is 51.0 Å².